The Hall–Kier alpha value is -3.42. The first kappa shape index (κ1) is 19.9. The summed E-state index contributed by atoms with van der Waals surface area (Å²) in [4.78, 5) is 27.9. The van der Waals surface area contributed by atoms with Crippen LogP contribution in [0.3, 0.4) is 0 Å². The fraction of sp³-hybridized carbons (Fsp3) is 0.364. The number of hydrogen-bond donors (Lipinski definition) is 1. The van der Waals surface area contributed by atoms with E-state index in [1.165, 1.54) is 19.3 Å². The molecule has 0 bridgehead atoms. The second-order valence-electron chi connectivity index (χ2n) is 7.47. The molecule has 8 nitrogen and oxygen atoms in total. The van der Waals surface area contributed by atoms with Crippen LogP contribution in [0.2, 0.25) is 0 Å². The lowest BCUT2D eigenvalue weighted by atomic mass is 10.0. The monoisotopic (exact) mass is 406 g/mol. The zero-order valence-electron chi connectivity index (χ0n) is 17.3. The SMILES string of the molecule is COc1cccc(CNC(=O)c2cn(-c3cc(N4CCCC[C@H]4C)ncn3)cn2)c1. The molecule has 3 heterocycles. The lowest BCUT2D eigenvalue weighted by Gasteiger charge is -2.34. The van der Waals surface area contributed by atoms with Gasteiger partial charge in [0.15, 0.2) is 0 Å². The van der Waals surface area contributed by atoms with Crippen molar-refractivity contribution in [2.24, 2.45) is 0 Å². The molecule has 4 rings (SSSR count). The van der Waals surface area contributed by atoms with E-state index in [0.717, 1.165) is 23.7 Å². The number of ether oxygens (including phenoxy) is 1. The van der Waals surface area contributed by atoms with Gasteiger partial charge in [-0.1, -0.05) is 12.1 Å². The van der Waals surface area contributed by atoms with Gasteiger partial charge in [-0.25, -0.2) is 15.0 Å². The second kappa shape index (κ2) is 8.94. The first-order valence-corrected chi connectivity index (χ1v) is 10.2. The minimum absolute atomic E-state index is 0.240. The third-order valence-corrected chi connectivity index (χ3v) is 5.40. The summed E-state index contributed by atoms with van der Waals surface area (Å²) in [5.74, 6) is 2.12. The van der Waals surface area contributed by atoms with E-state index < -0.39 is 0 Å². The Kier molecular flexibility index (Phi) is 5.92. The number of anilines is 1. The highest BCUT2D eigenvalue weighted by atomic mass is 16.5. The Morgan fingerprint density at radius 3 is 2.90 bits per heavy atom. The summed E-state index contributed by atoms with van der Waals surface area (Å²) in [5, 5.41) is 2.89. The van der Waals surface area contributed by atoms with Gasteiger partial charge in [0.1, 0.15) is 35.7 Å². The first-order valence-electron chi connectivity index (χ1n) is 10.2. The molecule has 3 aromatic rings. The van der Waals surface area contributed by atoms with Crippen molar-refractivity contribution in [3.8, 4) is 11.6 Å². The maximum absolute atomic E-state index is 12.5. The number of hydrogen-bond acceptors (Lipinski definition) is 6. The summed E-state index contributed by atoms with van der Waals surface area (Å²) in [5.41, 5.74) is 1.29. The lowest BCUT2D eigenvalue weighted by molar-refractivity contribution is 0.0946. The van der Waals surface area contributed by atoms with Crippen LogP contribution in [0.1, 0.15) is 42.2 Å². The average molecular weight is 406 g/mol. The molecule has 30 heavy (non-hydrogen) atoms. The highest BCUT2D eigenvalue weighted by Crippen LogP contribution is 2.23. The molecule has 0 unspecified atom stereocenters. The predicted molar refractivity (Wildman–Crippen MR) is 114 cm³/mol. The van der Waals surface area contributed by atoms with Crippen LogP contribution in [0.15, 0.2) is 49.2 Å². The van der Waals surface area contributed by atoms with Crippen molar-refractivity contribution in [2.45, 2.75) is 38.8 Å². The van der Waals surface area contributed by atoms with Crippen LogP contribution in [-0.4, -0.2) is 45.1 Å². The summed E-state index contributed by atoms with van der Waals surface area (Å²) >= 11 is 0. The van der Waals surface area contributed by atoms with Crippen molar-refractivity contribution in [2.75, 3.05) is 18.6 Å². The van der Waals surface area contributed by atoms with Gasteiger partial charge in [-0.05, 0) is 43.9 Å². The number of rotatable bonds is 6. The van der Waals surface area contributed by atoms with Crippen molar-refractivity contribution in [3.05, 3.63) is 60.4 Å². The third-order valence-electron chi connectivity index (χ3n) is 5.40. The number of nitrogens with one attached hydrogen (secondary N) is 1. The molecular weight excluding hydrogens is 380 g/mol. The van der Waals surface area contributed by atoms with Crippen LogP contribution < -0.4 is 15.0 Å². The average Bonchev–Trinajstić information content (AvgIpc) is 3.28. The molecule has 1 amide bonds. The van der Waals surface area contributed by atoms with Crippen LogP contribution in [0.4, 0.5) is 5.82 Å². The van der Waals surface area contributed by atoms with E-state index in [-0.39, 0.29) is 5.91 Å². The minimum atomic E-state index is -0.240. The number of carbonyl (C=O) groups excluding carboxylic acids is 1. The van der Waals surface area contributed by atoms with Crippen molar-refractivity contribution >= 4 is 11.7 Å². The molecule has 1 aliphatic heterocycles. The van der Waals surface area contributed by atoms with Crippen molar-refractivity contribution in [1.82, 2.24) is 24.8 Å². The number of amides is 1. The van der Waals surface area contributed by atoms with E-state index in [1.54, 1.807) is 30.5 Å². The largest absolute Gasteiger partial charge is 0.497 e. The minimum Gasteiger partial charge on any atom is -0.497 e. The maximum Gasteiger partial charge on any atom is 0.271 e. The standard InChI is InChI=1S/C22H26N6O2/c1-16-6-3-4-9-28(16)21-11-20(24-14-25-21)27-13-19(26-15-27)22(29)23-12-17-7-5-8-18(10-17)30-2/h5,7-8,10-11,13-16H,3-4,6,9,12H2,1-2H3,(H,23,29)/t16-/m1/s1. The summed E-state index contributed by atoms with van der Waals surface area (Å²) in [6.45, 7) is 3.62. The molecule has 1 saturated heterocycles. The molecule has 1 atom stereocenters. The molecule has 2 aromatic heterocycles. The van der Waals surface area contributed by atoms with Gasteiger partial charge >= 0.3 is 0 Å². The summed E-state index contributed by atoms with van der Waals surface area (Å²) < 4.78 is 6.96. The molecule has 0 spiro atoms. The molecule has 1 N–H and O–H groups in total. The summed E-state index contributed by atoms with van der Waals surface area (Å²) in [7, 11) is 1.62. The fourth-order valence-electron chi connectivity index (χ4n) is 3.69. The van der Waals surface area contributed by atoms with E-state index in [2.05, 4.69) is 32.1 Å². The number of nitrogens with zero attached hydrogens (tertiary/aromatic N) is 5. The number of carbonyl (C=O) groups is 1. The smallest absolute Gasteiger partial charge is 0.271 e. The third kappa shape index (κ3) is 4.42. The zero-order valence-corrected chi connectivity index (χ0v) is 17.3. The van der Waals surface area contributed by atoms with Gasteiger partial charge in [0.2, 0.25) is 0 Å². The van der Waals surface area contributed by atoms with Crippen LogP contribution in [0, 0.1) is 0 Å². The molecule has 0 aliphatic carbocycles. The Morgan fingerprint density at radius 2 is 2.07 bits per heavy atom. The van der Waals surface area contributed by atoms with Gasteiger partial charge in [0, 0.05) is 31.4 Å². The summed E-state index contributed by atoms with van der Waals surface area (Å²) in [6.07, 6.45) is 8.45. The Labute approximate surface area is 175 Å². The topological polar surface area (TPSA) is 85.2 Å². The van der Waals surface area contributed by atoms with E-state index in [4.69, 9.17) is 4.74 Å². The number of benzene rings is 1. The Balaban J connectivity index is 1.44. The van der Waals surface area contributed by atoms with Crippen LogP contribution >= 0.6 is 0 Å². The quantitative estimate of drug-likeness (QED) is 0.677. The molecule has 1 aromatic carbocycles. The van der Waals surface area contributed by atoms with E-state index in [0.29, 0.717) is 24.1 Å². The highest BCUT2D eigenvalue weighted by molar-refractivity contribution is 5.92. The van der Waals surface area contributed by atoms with Gasteiger partial charge in [-0.2, -0.15) is 0 Å². The van der Waals surface area contributed by atoms with E-state index in [1.807, 2.05) is 30.3 Å². The zero-order chi connectivity index (χ0) is 20.9. The molecule has 1 fully saturated rings. The normalized spacial score (nSPS) is 16.3. The molecule has 0 radical (unpaired) electrons. The fourth-order valence-corrected chi connectivity index (χ4v) is 3.69. The number of methoxy groups -OCH3 is 1. The Bertz CT molecular complexity index is 1020. The van der Waals surface area contributed by atoms with E-state index in [9.17, 15) is 4.79 Å². The molecule has 1 aliphatic rings. The predicted octanol–water partition coefficient (Wildman–Crippen LogP) is 2.98. The van der Waals surface area contributed by atoms with Crippen molar-refractivity contribution in [1.29, 1.82) is 0 Å². The van der Waals surface area contributed by atoms with Gasteiger partial charge in [-0.3, -0.25) is 9.36 Å². The van der Waals surface area contributed by atoms with Crippen LogP contribution in [0.5, 0.6) is 5.75 Å². The highest BCUT2D eigenvalue weighted by Gasteiger charge is 2.20. The number of imidazole rings is 1. The number of piperidine rings is 1. The van der Waals surface area contributed by atoms with Crippen molar-refractivity contribution in [3.63, 3.8) is 0 Å². The Morgan fingerprint density at radius 1 is 1.20 bits per heavy atom. The number of aromatic nitrogens is 4. The first-order chi connectivity index (χ1) is 14.6. The molecule has 8 heteroatoms. The second-order valence-corrected chi connectivity index (χ2v) is 7.47. The van der Waals surface area contributed by atoms with Crippen LogP contribution in [0.25, 0.3) is 5.82 Å². The summed E-state index contributed by atoms with van der Waals surface area (Å²) in [6, 6.07) is 10.00. The molecule has 156 valence electrons. The lowest BCUT2D eigenvalue weighted by Crippen LogP contribution is -2.38. The van der Waals surface area contributed by atoms with E-state index >= 15 is 0 Å². The van der Waals surface area contributed by atoms with Gasteiger partial charge in [-0.15, -0.1) is 0 Å². The van der Waals surface area contributed by atoms with Gasteiger partial charge < -0.3 is 15.0 Å². The molecular formula is C22H26N6O2. The maximum atomic E-state index is 12.5. The van der Waals surface area contributed by atoms with Gasteiger partial charge in [0.05, 0.1) is 7.11 Å². The molecule has 0 saturated carbocycles. The van der Waals surface area contributed by atoms with Gasteiger partial charge in [0.25, 0.3) is 5.91 Å². The van der Waals surface area contributed by atoms with Crippen molar-refractivity contribution < 1.29 is 9.53 Å². The van der Waals surface area contributed by atoms with Crippen LogP contribution in [-0.2, 0) is 6.54 Å².